The zero-order valence-electron chi connectivity index (χ0n) is 15.0. The first-order valence-corrected chi connectivity index (χ1v) is 9.68. The molecule has 1 aliphatic carbocycles. The molecule has 2 aromatic rings. The highest BCUT2D eigenvalue weighted by Gasteiger charge is 2.26. The normalized spacial score (nSPS) is 23.8. The Morgan fingerprint density at radius 2 is 1.88 bits per heavy atom. The smallest absolute Gasteiger partial charge is 0.255 e. The van der Waals surface area contributed by atoms with Gasteiger partial charge in [0.25, 0.3) is 5.91 Å². The molecule has 1 saturated heterocycles. The summed E-state index contributed by atoms with van der Waals surface area (Å²) in [5.41, 5.74) is 1.70. The molecule has 1 amide bonds. The summed E-state index contributed by atoms with van der Waals surface area (Å²) in [6.45, 7) is 4.24. The first-order chi connectivity index (χ1) is 12.2. The van der Waals surface area contributed by atoms with Gasteiger partial charge in [0.1, 0.15) is 5.82 Å². The first-order valence-electron chi connectivity index (χ1n) is 9.68. The molecule has 2 aliphatic rings. The summed E-state index contributed by atoms with van der Waals surface area (Å²) in [6, 6.07) is 10.4. The van der Waals surface area contributed by atoms with E-state index in [2.05, 4.69) is 17.1 Å². The number of aromatic nitrogens is 1. The van der Waals surface area contributed by atoms with Crippen LogP contribution in [0.5, 0.6) is 0 Å². The van der Waals surface area contributed by atoms with Crippen LogP contribution in [-0.4, -0.2) is 30.0 Å². The average molecular weight is 337 g/mol. The number of hydrogen-bond donors (Lipinski definition) is 1. The largest absolute Gasteiger partial charge is 0.356 e. The SMILES string of the molecule is C[C@@H]1CCCC[C@@H]1NC(=O)c1cc2ccccc2nc1N1CCCC1. The van der Waals surface area contributed by atoms with Gasteiger partial charge >= 0.3 is 0 Å². The van der Waals surface area contributed by atoms with Crippen molar-refractivity contribution in [2.24, 2.45) is 5.92 Å². The van der Waals surface area contributed by atoms with Crippen LogP contribution in [0.1, 0.15) is 55.8 Å². The summed E-state index contributed by atoms with van der Waals surface area (Å²) < 4.78 is 0. The third-order valence-electron chi connectivity index (χ3n) is 5.78. The highest BCUT2D eigenvalue weighted by molar-refractivity contribution is 6.02. The van der Waals surface area contributed by atoms with Crippen molar-refractivity contribution in [1.82, 2.24) is 10.3 Å². The molecule has 2 fully saturated rings. The van der Waals surface area contributed by atoms with Gasteiger partial charge in [0.2, 0.25) is 0 Å². The minimum Gasteiger partial charge on any atom is -0.356 e. The van der Waals surface area contributed by atoms with Crippen molar-refractivity contribution in [2.75, 3.05) is 18.0 Å². The Morgan fingerprint density at radius 3 is 2.68 bits per heavy atom. The lowest BCUT2D eigenvalue weighted by Gasteiger charge is -2.30. The molecule has 0 radical (unpaired) electrons. The second-order valence-corrected chi connectivity index (χ2v) is 7.59. The van der Waals surface area contributed by atoms with Crippen LogP contribution in [0, 0.1) is 5.92 Å². The van der Waals surface area contributed by atoms with E-state index in [9.17, 15) is 4.79 Å². The molecule has 132 valence electrons. The number of nitrogens with one attached hydrogen (secondary N) is 1. The van der Waals surface area contributed by atoms with Gasteiger partial charge in [-0.15, -0.1) is 0 Å². The van der Waals surface area contributed by atoms with Crippen LogP contribution in [-0.2, 0) is 0 Å². The Morgan fingerprint density at radius 1 is 1.12 bits per heavy atom. The number of anilines is 1. The molecule has 0 unspecified atom stereocenters. The van der Waals surface area contributed by atoms with Crippen LogP contribution in [0.4, 0.5) is 5.82 Å². The van der Waals surface area contributed by atoms with E-state index in [0.29, 0.717) is 12.0 Å². The molecule has 0 bridgehead atoms. The Bertz CT molecular complexity index is 767. The maximum atomic E-state index is 13.1. The van der Waals surface area contributed by atoms with E-state index in [4.69, 9.17) is 4.98 Å². The molecule has 4 heteroatoms. The van der Waals surface area contributed by atoms with E-state index in [1.807, 2.05) is 30.3 Å². The lowest BCUT2D eigenvalue weighted by atomic mass is 9.86. The standard InChI is InChI=1S/C21H27N3O/c1-15-8-2-4-10-18(15)23-21(25)17-14-16-9-3-5-11-19(16)22-20(17)24-12-6-7-13-24/h3,5,9,11,14-15,18H,2,4,6-8,10,12-13H2,1H3,(H,23,25)/t15-,18+/m1/s1. The fourth-order valence-corrected chi connectivity index (χ4v) is 4.22. The number of rotatable bonds is 3. The fourth-order valence-electron chi connectivity index (χ4n) is 4.22. The van der Waals surface area contributed by atoms with Crippen LogP contribution in [0.3, 0.4) is 0 Å². The van der Waals surface area contributed by atoms with Crippen LogP contribution in [0.15, 0.2) is 30.3 Å². The number of carbonyl (C=O) groups is 1. The molecule has 4 rings (SSSR count). The molecule has 1 N–H and O–H groups in total. The predicted molar refractivity (Wildman–Crippen MR) is 102 cm³/mol. The molecule has 4 nitrogen and oxygen atoms in total. The Balaban J connectivity index is 1.68. The summed E-state index contributed by atoms with van der Waals surface area (Å²) in [6.07, 6.45) is 7.14. The first kappa shape index (κ1) is 16.4. The van der Waals surface area contributed by atoms with Crippen molar-refractivity contribution in [1.29, 1.82) is 0 Å². The number of nitrogens with zero attached hydrogens (tertiary/aromatic N) is 2. The van der Waals surface area contributed by atoms with E-state index in [-0.39, 0.29) is 5.91 Å². The lowest BCUT2D eigenvalue weighted by molar-refractivity contribution is 0.0910. The molecule has 1 aliphatic heterocycles. The van der Waals surface area contributed by atoms with Gasteiger partial charge in [0, 0.05) is 24.5 Å². The van der Waals surface area contributed by atoms with E-state index in [1.54, 1.807) is 0 Å². The highest BCUT2D eigenvalue weighted by Crippen LogP contribution is 2.28. The molecule has 25 heavy (non-hydrogen) atoms. The van der Waals surface area contributed by atoms with Crippen LogP contribution in [0.25, 0.3) is 10.9 Å². The van der Waals surface area contributed by atoms with Crippen molar-refractivity contribution in [3.8, 4) is 0 Å². The number of pyridine rings is 1. The molecule has 2 atom stereocenters. The molecule has 1 saturated carbocycles. The summed E-state index contributed by atoms with van der Waals surface area (Å²) in [4.78, 5) is 20.2. The topological polar surface area (TPSA) is 45.2 Å². The monoisotopic (exact) mass is 337 g/mol. The zero-order valence-corrected chi connectivity index (χ0v) is 15.0. The van der Waals surface area contributed by atoms with E-state index in [0.717, 1.165) is 41.8 Å². The van der Waals surface area contributed by atoms with E-state index < -0.39 is 0 Å². The van der Waals surface area contributed by atoms with Gasteiger partial charge in [-0.05, 0) is 43.7 Å². The molecule has 1 aromatic carbocycles. The van der Waals surface area contributed by atoms with Gasteiger partial charge in [0.05, 0.1) is 11.1 Å². The van der Waals surface area contributed by atoms with Gasteiger partial charge in [0.15, 0.2) is 0 Å². The van der Waals surface area contributed by atoms with Gasteiger partial charge in [-0.1, -0.05) is 38.0 Å². The van der Waals surface area contributed by atoms with Gasteiger partial charge in [-0.25, -0.2) is 4.98 Å². The molecule has 2 heterocycles. The van der Waals surface area contributed by atoms with E-state index in [1.165, 1.54) is 32.1 Å². The number of para-hydroxylation sites is 1. The second kappa shape index (κ2) is 7.03. The summed E-state index contributed by atoms with van der Waals surface area (Å²) in [5, 5.41) is 4.34. The van der Waals surface area contributed by atoms with Crippen molar-refractivity contribution in [2.45, 2.75) is 51.5 Å². The molecule has 1 aromatic heterocycles. The van der Waals surface area contributed by atoms with Gasteiger partial charge in [-0.2, -0.15) is 0 Å². The Kier molecular flexibility index (Phi) is 4.60. The predicted octanol–water partition coefficient (Wildman–Crippen LogP) is 4.14. The van der Waals surface area contributed by atoms with Crippen molar-refractivity contribution < 1.29 is 4.79 Å². The lowest BCUT2D eigenvalue weighted by Crippen LogP contribution is -2.41. The minimum atomic E-state index is 0.0407. The quantitative estimate of drug-likeness (QED) is 0.915. The molecular weight excluding hydrogens is 310 g/mol. The molecular formula is C21H27N3O. The second-order valence-electron chi connectivity index (χ2n) is 7.59. The van der Waals surface area contributed by atoms with Crippen LogP contribution >= 0.6 is 0 Å². The zero-order chi connectivity index (χ0) is 17.2. The Hall–Kier alpha value is -2.10. The number of hydrogen-bond acceptors (Lipinski definition) is 3. The molecule has 0 spiro atoms. The minimum absolute atomic E-state index is 0.0407. The summed E-state index contributed by atoms with van der Waals surface area (Å²) in [5.74, 6) is 1.46. The highest BCUT2D eigenvalue weighted by atomic mass is 16.1. The summed E-state index contributed by atoms with van der Waals surface area (Å²) >= 11 is 0. The van der Waals surface area contributed by atoms with Crippen molar-refractivity contribution >= 4 is 22.6 Å². The maximum absolute atomic E-state index is 13.1. The third kappa shape index (κ3) is 3.35. The average Bonchev–Trinajstić information content (AvgIpc) is 3.17. The van der Waals surface area contributed by atoms with Crippen LogP contribution < -0.4 is 10.2 Å². The third-order valence-corrected chi connectivity index (χ3v) is 5.78. The van der Waals surface area contributed by atoms with E-state index >= 15 is 0 Å². The number of carbonyl (C=O) groups excluding carboxylic acids is 1. The number of benzene rings is 1. The Labute approximate surface area is 149 Å². The van der Waals surface area contributed by atoms with Gasteiger partial charge in [-0.3, -0.25) is 4.79 Å². The van der Waals surface area contributed by atoms with Crippen LogP contribution in [0.2, 0.25) is 0 Å². The number of amides is 1. The number of fused-ring (bicyclic) bond motifs is 1. The summed E-state index contributed by atoms with van der Waals surface area (Å²) in [7, 11) is 0. The van der Waals surface area contributed by atoms with Gasteiger partial charge < -0.3 is 10.2 Å². The van der Waals surface area contributed by atoms with Crippen molar-refractivity contribution in [3.05, 3.63) is 35.9 Å². The maximum Gasteiger partial charge on any atom is 0.255 e. The van der Waals surface area contributed by atoms with Crippen molar-refractivity contribution in [3.63, 3.8) is 0 Å². The fraction of sp³-hybridized carbons (Fsp3) is 0.524.